The van der Waals surface area contributed by atoms with Gasteiger partial charge >= 0.3 is 6.18 Å². The van der Waals surface area contributed by atoms with Crippen LogP contribution in [0.3, 0.4) is 0 Å². The Bertz CT molecular complexity index is 1210. The van der Waals surface area contributed by atoms with E-state index in [0.29, 0.717) is 12.7 Å². The predicted octanol–water partition coefficient (Wildman–Crippen LogP) is 4.27. The summed E-state index contributed by atoms with van der Waals surface area (Å²) in [5.74, 6) is 0.0673. The van der Waals surface area contributed by atoms with Crippen molar-refractivity contribution in [3.8, 4) is 5.75 Å². The summed E-state index contributed by atoms with van der Waals surface area (Å²) in [6.45, 7) is 1.74. The zero-order chi connectivity index (χ0) is 24.8. The SMILES string of the molecule is C[C@H](NS(=O)(=O)c1ccccc1C(F)(F)F)C(=O)NCc1ccc(COc2ccccc2)cc1. The van der Waals surface area contributed by atoms with Gasteiger partial charge in [-0.1, -0.05) is 54.6 Å². The smallest absolute Gasteiger partial charge is 0.417 e. The summed E-state index contributed by atoms with van der Waals surface area (Å²) in [5, 5.41) is 2.58. The lowest BCUT2D eigenvalue weighted by atomic mass is 10.1. The molecular weight excluding hydrogens is 469 g/mol. The lowest BCUT2D eigenvalue weighted by Gasteiger charge is -2.17. The van der Waals surface area contributed by atoms with Crippen LogP contribution in [0.2, 0.25) is 0 Å². The molecule has 0 heterocycles. The molecular formula is C24H23F3N2O4S. The highest BCUT2D eigenvalue weighted by Gasteiger charge is 2.37. The predicted molar refractivity (Wildman–Crippen MR) is 120 cm³/mol. The van der Waals surface area contributed by atoms with Crippen LogP contribution in [0.15, 0.2) is 83.8 Å². The van der Waals surface area contributed by atoms with Gasteiger partial charge in [0.1, 0.15) is 12.4 Å². The monoisotopic (exact) mass is 492 g/mol. The summed E-state index contributed by atoms with van der Waals surface area (Å²) in [5.41, 5.74) is 0.379. The third-order valence-electron chi connectivity index (χ3n) is 4.85. The number of hydrogen-bond donors (Lipinski definition) is 2. The second kappa shape index (κ2) is 10.7. The van der Waals surface area contributed by atoms with Crippen LogP contribution in [0.25, 0.3) is 0 Å². The van der Waals surface area contributed by atoms with Gasteiger partial charge in [0.2, 0.25) is 15.9 Å². The molecule has 3 aromatic carbocycles. The Morgan fingerprint density at radius 1 is 0.912 bits per heavy atom. The molecule has 0 aromatic heterocycles. The maximum atomic E-state index is 13.2. The number of carbonyl (C=O) groups excluding carboxylic acids is 1. The minimum atomic E-state index is -4.85. The number of para-hydroxylation sites is 1. The van der Waals surface area contributed by atoms with Crippen LogP contribution >= 0.6 is 0 Å². The average molecular weight is 493 g/mol. The lowest BCUT2D eigenvalue weighted by molar-refractivity contribution is -0.139. The molecule has 0 aliphatic heterocycles. The summed E-state index contributed by atoms with van der Waals surface area (Å²) in [7, 11) is -4.58. The summed E-state index contributed by atoms with van der Waals surface area (Å²) in [6.07, 6.45) is -4.85. The van der Waals surface area contributed by atoms with E-state index in [0.717, 1.165) is 29.0 Å². The quantitative estimate of drug-likeness (QED) is 0.467. The molecule has 0 spiro atoms. The van der Waals surface area contributed by atoms with Crippen molar-refractivity contribution in [2.75, 3.05) is 0 Å². The number of nitrogens with one attached hydrogen (secondary N) is 2. The minimum absolute atomic E-state index is 0.115. The van der Waals surface area contributed by atoms with Gasteiger partial charge in [0, 0.05) is 6.54 Å². The zero-order valence-electron chi connectivity index (χ0n) is 18.2. The molecule has 0 unspecified atom stereocenters. The number of rotatable bonds is 9. The molecule has 0 fully saturated rings. The first-order valence-electron chi connectivity index (χ1n) is 10.3. The second-order valence-electron chi connectivity index (χ2n) is 7.47. The van der Waals surface area contributed by atoms with Crippen LogP contribution in [-0.2, 0) is 34.1 Å². The minimum Gasteiger partial charge on any atom is -0.489 e. The van der Waals surface area contributed by atoms with Gasteiger partial charge in [-0.15, -0.1) is 0 Å². The van der Waals surface area contributed by atoms with Gasteiger partial charge in [0.05, 0.1) is 16.5 Å². The molecule has 2 N–H and O–H groups in total. The maximum Gasteiger partial charge on any atom is 0.417 e. The normalized spacial score (nSPS) is 12.7. The molecule has 180 valence electrons. The Balaban J connectivity index is 1.55. The molecule has 1 amide bonds. The van der Waals surface area contributed by atoms with Crippen molar-refractivity contribution in [3.63, 3.8) is 0 Å². The first kappa shape index (κ1) is 25.3. The highest BCUT2D eigenvalue weighted by Crippen LogP contribution is 2.33. The van der Waals surface area contributed by atoms with Crippen molar-refractivity contribution < 1.29 is 31.1 Å². The van der Waals surface area contributed by atoms with Crippen LogP contribution in [0.4, 0.5) is 13.2 Å². The molecule has 0 aliphatic rings. The largest absolute Gasteiger partial charge is 0.489 e. The third kappa shape index (κ3) is 6.82. The van der Waals surface area contributed by atoms with Crippen LogP contribution in [0, 0.1) is 0 Å². The highest BCUT2D eigenvalue weighted by molar-refractivity contribution is 7.89. The van der Waals surface area contributed by atoms with E-state index in [9.17, 15) is 26.4 Å². The van der Waals surface area contributed by atoms with Crippen molar-refractivity contribution in [1.82, 2.24) is 10.0 Å². The molecule has 0 aliphatic carbocycles. The van der Waals surface area contributed by atoms with E-state index in [4.69, 9.17) is 4.74 Å². The summed E-state index contributed by atoms with van der Waals surface area (Å²) >= 11 is 0. The number of amides is 1. The van der Waals surface area contributed by atoms with E-state index < -0.39 is 38.6 Å². The van der Waals surface area contributed by atoms with Gasteiger partial charge in [0.25, 0.3) is 0 Å². The van der Waals surface area contributed by atoms with Crippen LogP contribution < -0.4 is 14.8 Å². The van der Waals surface area contributed by atoms with Gasteiger partial charge in [-0.2, -0.15) is 17.9 Å². The number of hydrogen-bond acceptors (Lipinski definition) is 4. The van der Waals surface area contributed by atoms with Gasteiger partial charge < -0.3 is 10.1 Å². The molecule has 0 radical (unpaired) electrons. The van der Waals surface area contributed by atoms with E-state index >= 15 is 0 Å². The summed E-state index contributed by atoms with van der Waals surface area (Å²) in [6, 6.07) is 19.1. The van der Waals surface area contributed by atoms with E-state index in [1.165, 1.54) is 13.0 Å². The molecule has 0 saturated heterocycles. The fraction of sp³-hybridized carbons (Fsp3) is 0.208. The van der Waals surface area contributed by atoms with E-state index in [1.54, 1.807) is 12.1 Å². The first-order chi connectivity index (χ1) is 16.1. The second-order valence-corrected chi connectivity index (χ2v) is 9.16. The molecule has 10 heteroatoms. The van der Waals surface area contributed by atoms with Crippen molar-refractivity contribution >= 4 is 15.9 Å². The van der Waals surface area contributed by atoms with Crippen molar-refractivity contribution in [1.29, 1.82) is 0 Å². The molecule has 6 nitrogen and oxygen atoms in total. The number of sulfonamides is 1. The topological polar surface area (TPSA) is 84.5 Å². The van der Waals surface area contributed by atoms with Gasteiger partial charge in [0.15, 0.2) is 0 Å². The maximum absolute atomic E-state index is 13.2. The number of carbonyl (C=O) groups is 1. The number of halogens is 3. The Kier molecular flexibility index (Phi) is 7.95. The van der Waals surface area contributed by atoms with Crippen LogP contribution in [0.5, 0.6) is 5.75 Å². The lowest BCUT2D eigenvalue weighted by Crippen LogP contribution is -2.44. The Morgan fingerprint density at radius 2 is 1.50 bits per heavy atom. The van der Waals surface area contributed by atoms with Gasteiger partial charge in [-0.05, 0) is 42.3 Å². The fourth-order valence-corrected chi connectivity index (χ4v) is 4.49. The van der Waals surface area contributed by atoms with E-state index in [2.05, 4.69) is 5.32 Å². The third-order valence-corrected chi connectivity index (χ3v) is 6.44. The van der Waals surface area contributed by atoms with Gasteiger partial charge in [-0.25, -0.2) is 8.42 Å². The molecule has 0 bridgehead atoms. The summed E-state index contributed by atoms with van der Waals surface area (Å²) < 4.78 is 72.2. The fourth-order valence-electron chi connectivity index (χ4n) is 3.06. The molecule has 0 saturated carbocycles. The van der Waals surface area contributed by atoms with E-state index in [-0.39, 0.29) is 6.54 Å². The Hall–Kier alpha value is -3.37. The van der Waals surface area contributed by atoms with Gasteiger partial charge in [-0.3, -0.25) is 4.79 Å². The molecule has 3 aromatic rings. The number of alkyl halides is 3. The van der Waals surface area contributed by atoms with E-state index in [1.807, 2.05) is 47.2 Å². The highest BCUT2D eigenvalue weighted by atomic mass is 32.2. The van der Waals surface area contributed by atoms with Crippen molar-refractivity contribution in [2.45, 2.75) is 37.2 Å². The van der Waals surface area contributed by atoms with Crippen molar-refractivity contribution in [2.24, 2.45) is 0 Å². The number of ether oxygens (including phenoxy) is 1. The molecule has 1 atom stereocenters. The molecule has 34 heavy (non-hydrogen) atoms. The van der Waals surface area contributed by atoms with Crippen molar-refractivity contribution in [3.05, 3.63) is 95.6 Å². The van der Waals surface area contributed by atoms with Crippen LogP contribution in [0.1, 0.15) is 23.6 Å². The first-order valence-corrected chi connectivity index (χ1v) is 11.8. The average Bonchev–Trinajstić information content (AvgIpc) is 2.81. The number of benzene rings is 3. The summed E-state index contributed by atoms with van der Waals surface area (Å²) in [4.78, 5) is 11.4. The Labute approximate surface area is 195 Å². The standard InChI is InChI=1S/C24H23F3N2O4S/c1-17(29-34(31,32)22-10-6-5-9-21(22)24(25,26)27)23(30)28-15-18-11-13-19(14-12-18)16-33-20-7-3-2-4-8-20/h2-14,17,29H,15-16H2,1H3,(H,28,30)/t17-/m0/s1. The Morgan fingerprint density at radius 3 is 2.15 bits per heavy atom. The molecule has 3 rings (SSSR count). The van der Waals surface area contributed by atoms with Crippen LogP contribution in [-0.4, -0.2) is 20.4 Å². The zero-order valence-corrected chi connectivity index (χ0v) is 19.0.